The van der Waals surface area contributed by atoms with Gasteiger partial charge in [-0.3, -0.25) is 9.88 Å². The summed E-state index contributed by atoms with van der Waals surface area (Å²) in [7, 11) is 0. The molecule has 4 aromatic rings. The molecule has 1 aliphatic heterocycles. The molecule has 4 heterocycles. The quantitative estimate of drug-likeness (QED) is 0.380. The zero-order valence-electron chi connectivity index (χ0n) is 17.5. The Kier molecular flexibility index (Phi) is 5.82. The van der Waals surface area contributed by atoms with E-state index in [9.17, 15) is 0 Å². The van der Waals surface area contributed by atoms with Crippen LogP contribution in [0, 0.1) is 0 Å². The van der Waals surface area contributed by atoms with E-state index in [1.54, 1.807) is 6.26 Å². The lowest BCUT2D eigenvalue weighted by Gasteiger charge is -2.27. The zero-order valence-corrected chi connectivity index (χ0v) is 18.3. The van der Waals surface area contributed by atoms with Crippen LogP contribution >= 0.6 is 11.8 Å². The molecule has 0 fully saturated rings. The van der Waals surface area contributed by atoms with Crippen molar-refractivity contribution in [3.8, 4) is 22.8 Å². The molecule has 6 heteroatoms. The Hall–Kier alpha value is -2.96. The topological polar surface area (TPSA) is 55.1 Å². The van der Waals surface area contributed by atoms with Crippen molar-refractivity contribution in [1.82, 2.24) is 19.9 Å². The molecule has 0 saturated carbocycles. The molecule has 3 aromatic heterocycles. The van der Waals surface area contributed by atoms with E-state index in [2.05, 4.69) is 53.2 Å². The SMILES string of the molecule is CCSc1ccc(-c2ccc(CN3CCc4nc(-c5ccco5)ncc4C3)cn2)cc1. The van der Waals surface area contributed by atoms with E-state index < -0.39 is 0 Å². The van der Waals surface area contributed by atoms with Crippen molar-refractivity contribution in [2.45, 2.75) is 31.3 Å². The molecule has 5 rings (SSSR count). The highest BCUT2D eigenvalue weighted by molar-refractivity contribution is 7.99. The third-order valence-electron chi connectivity index (χ3n) is 5.45. The van der Waals surface area contributed by atoms with Gasteiger partial charge in [-0.15, -0.1) is 11.8 Å². The van der Waals surface area contributed by atoms with Crippen LogP contribution in [0.2, 0.25) is 0 Å². The maximum absolute atomic E-state index is 5.43. The number of thioether (sulfide) groups is 1. The van der Waals surface area contributed by atoms with Crippen molar-refractivity contribution in [2.75, 3.05) is 12.3 Å². The average molecular weight is 429 g/mol. The third-order valence-corrected chi connectivity index (χ3v) is 6.34. The minimum atomic E-state index is 0.665. The van der Waals surface area contributed by atoms with E-state index in [1.165, 1.54) is 16.0 Å². The summed E-state index contributed by atoms with van der Waals surface area (Å²) >= 11 is 1.86. The van der Waals surface area contributed by atoms with Crippen LogP contribution in [-0.2, 0) is 19.5 Å². The highest BCUT2D eigenvalue weighted by Crippen LogP contribution is 2.25. The van der Waals surface area contributed by atoms with Crippen LogP contribution in [-0.4, -0.2) is 32.1 Å². The van der Waals surface area contributed by atoms with Crippen LogP contribution in [0.1, 0.15) is 23.7 Å². The van der Waals surface area contributed by atoms with Gasteiger partial charge in [-0.1, -0.05) is 25.1 Å². The number of hydrogen-bond donors (Lipinski definition) is 0. The van der Waals surface area contributed by atoms with Crippen LogP contribution in [0.25, 0.3) is 22.8 Å². The Bertz CT molecular complexity index is 1140. The summed E-state index contributed by atoms with van der Waals surface area (Å²) in [6, 6.07) is 16.7. The summed E-state index contributed by atoms with van der Waals surface area (Å²) in [6.07, 6.45) is 6.50. The summed E-state index contributed by atoms with van der Waals surface area (Å²) in [6.45, 7) is 4.87. The largest absolute Gasteiger partial charge is 0.461 e. The molecule has 0 radical (unpaired) electrons. The molecule has 0 unspecified atom stereocenters. The first-order valence-electron chi connectivity index (χ1n) is 10.6. The number of benzene rings is 1. The number of pyridine rings is 1. The summed E-state index contributed by atoms with van der Waals surface area (Å²) in [5, 5.41) is 0. The maximum Gasteiger partial charge on any atom is 0.195 e. The van der Waals surface area contributed by atoms with Gasteiger partial charge in [0.1, 0.15) is 0 Å². The Morgan fingerprint density at radius 3 is 2.68 bits per heavy atom. The van der Waals surface area contributed by atoms with Gasteiger partial charge in [0.2, 0.25) is 0 Å². The Morgan fingerprint density at radius 1 is 1.03 bits per heavy atom. The van der Waals surface area contributed by atoms with Gasteiger partial charge in [0, 0.05) is 54.5 Å². The van der Waals surface area contributed by atoms with Gasteiger partial charge < -0.3 is 4.42 Å². The molecule has 31 heavy (non-hydrogen) atoms. The van der Waals surface area contributed by atoms with Gasteiger partial charge in [-0.05, 0) is 41.6 Å². The van der Waals surface area contributed by atoms with E-state index in [0.717, 1.165) is 54.5 Å². The van der Waals surface area contributed by atoms with E-state index in [0.29, 0.717) is 5.82 Å². The lowest BCUT2D eigenvalue weighted by Crippen LogP contribution is -2.31. The van der Waals surface area contributed by atoms with E-state index in [1.807, 2.05) is 36.3 Å². The summed E-state index contributed by atoms with van der Waals surface area (Å²) in [5.74, 6) is 2.47. The van der Waals surface area contributed by atoms with Crippen LogP contribution in [0.4, 0.5) is 0 Å². The molecule has 0 N–H and O–H groups in total. The highest BCUT2D eigenvalue weighted by atomic mass is 32.2. The van der Waals surface area contributed by atoms with Crippen molar-refractivity contribution in [3.63, 3.8) is 0 Å². The standard InChI is InChI=1S/C25H24N4OS/c1-2-31-21-8-6-19(7-9-21)22-10-5-18(14-26-22)16-29-12-11-23-20(17-29)15-27-25(28-23)24-4-3-13-30-24/h3-10,13-15H,2,11-12,16-17H2,1H3. The number of furan rings is 1. The summed E-state index contributed by atoms with van der Waals surface area (Å²) in [5.41, 5.74) is 5.70. The predicted octanol–water partition coefficient (Wildman–Crippen LogP) is 5.47. The molecular weight excluding hydrogens is 404 g/mol. The van der Waals surface area contributed by atoms with E-state index in [4.69, 9.17) is 14.4 Å². The molecule has 1 aliphatic rings. The molecule has 0 amide bonds. The molecule has 0 bridgehead atoms. The van der Waals surface area contributed by atoms with Gasteiger partial charge in [-0.2, -0.15) is 0 Å². The van der Waals surface area contributed by atoms with Gasteiger partial charge in [0.15, 0.2) is 11.6 Å². The third kappa shape index (κ3) is 4.55. The first kappa shape index (κ1) is 20.0. The second-order valence-corrected chi connectivity index (χ2v) is 8.95. The van der Waals surface area contributed by atoms with Crippen molar-refractivity contribution in [2.24, 2.45) is 0 Å². The zero-order chi connectivity index (χ0) is 21.0. The van der Waals surface area contributed by atoms with Crippen molar-refractivity contribution >= 4 is 11.8 Å². The van der Waals surface area contributed by atoms with Gasteiger partial charge in [-0.25, -0.2) is 9.97 Å². The van der Waals surface area contributed by atoms with Crippen molar-refractivity contribution in [3.05, 3.63) is 84.0 Å². The molecule has 0 aliphatic carbocycles. The predicted molar refractivity (Wildman–Crippen MR) is 124 cm³/mol. The number of aromatic nitrogens is 3. The molecule has 5 nitrogen and oxygen atoms in total. The van der Waals surface area contributed by atoms with E-state index >= 15 is 0 Å². The molecule has 0 spiro atoms. The van der Waals surface area contributed by atoms with Gasteiger partial charge >= 0.3 is 0 Å². The second-order valence-electron chi connectivity index (χ2n) is 7.61. The minimum Gasteiger partial charge on any atom is -0.461 e. The lowest BCUT2D eigenvalue weighted by atomic mass is 10.1. The number of rotatable bonds is 6. The number of nitrogens with zero attached hydrogens (tertiary/aromatic N) is 4. The van der Waals surface area contributed by atoms with Crippen LogP contribution in [0.15, 0.2) is 76.5 Å². The van der Waals surface area contributed by atoms with Crippen molar-refractivity contribution < 1.29 is 4.42 Å². The van der Waals surface area contributed by atoms with Crippen LogP contribution in [0.3, 0.4) is 0 Å². The fourth-order valence-corrected chi connectivity index (χ4v) is 4.53. The molecular formula is C25H24N4OS. The second kappa shape index (κ2) is 9.04. The fourth-order valence-electron chi connectivity index (χ4n) is 3.87. The first-order valence-corrected chi connectivity index (χ1v) is 11.6. The summed E-state index contributed by atoms with van der Waals surface area (Å²) < 4.78 is 5.43. The van der Waals surface area contributed by atoms with Crippen LogP contribution < -0.4 is 0 Å². The number of hydrogen-bond acceptors (Lipinski definition) is 6. The molecule has 156 valence electrons. The monoisotopic (exact) mass is 428 g/mol. The normalized spacial score (nSPS) is 13.8. The minimum absolute atomic E-state index is 0.665. The summed E-state index contributed by atoms with van der Waals surface area (Å²) in [4.78, 5) is 17.6. The van der Waals surface area contributed by atoms with Crippen molar-refractivity contribution in [1.29, 1.82) is 0 Å². The molecule has 1 aromatic carbocycles. The smallest absolute Gasteiger partial charge is 0.195 e. The van der Waals surface area contributed by atoms with Crippen LogP contribution in [0.5, 0.6) is 0 Å². The fraction of sp³-hybridized carbons (Fsp3) is 0.240. The maximum atomic E-state index is 5.43. The Morgan fingerprint density at radius 2 is 1.94 bits per heavy atom. The first-order chi connectivity index (χ1) is 15.3. The van der Waals surface area contributed by atoms with Gasteiger partial charge in [0.05, 0.1) is 17.7 Å². The molecule has 0 atom stereocenters. The van der Waals surface area contributed by atoms with E-state index in [-0.39, 0.29) is 0 Å². The van der Waals surface area contributed by atoms with Gasteiger partial charge in [0.25, 0.3) is 0 Å². The highest BCUT2D eigenvalue weighted by Gasteiger charge is 2.19. The molecule has 0 saturated heterocycles. The number of fused-ring (bicyclic) bond motifs is 1. The average Bonchev–Trinajstić information content (AvgIpc) is 3.35. The Balaban J connectivity index is 1.24. The Labute approximate surface area is 186 Å². The lowest BCUT2D eigenvalue weighted by molar-refractivity contribution is 0.242.